The quantitative estimate of drug-likeness (QED) is 0.757. The highest BCUT2D eigenvalue weighted by molar-refractivity contribution is 7.91. The maximum Gasteiger partial charge on any atom is 0.237 e. The summed E-state index contributed by atoms with van der Waals surface area (Å²) in [6.07, 6.45) is 1.40. The predicted molar refractivity (Wildman–Crippen MR) is 91.8 cm³/mol. The number of carbonyl (C=O) groups is 1. The Kier molecular flexibility index (Phi) is 6.18. The van der Waals surface area contributed by atoms with Crippen LogP contribution in [0.15, 0.2) is 30.3 Å². The summed E-state index contributed by atoms with van der Waals surface area (Å²) >= 11 is 0. The van der Waals surface area contributed by atoms with E-state index in [0.717, 1.165) is 12.0 Å². The first-order valence-corrected chi connectivity index (χ1v) is 9.96. The second-order valence-corrected chi connectivity index (χ2v) is 8.53. The minimum atomic E-state index is -2.98. The monoisotopic (exact) mass is 338 g/mol. The molecule has 1 saturated heterocycles. The van der Waals surface area contributed by atoms with Crippen LogP contribution in [0.5, 0.6) is 0 Å². The molecule has 0 saturated carbocycles. The van der Waals surface area contributed by atoms with Crippen molar-refractivity contribution in [1.82, 2.24) is 9.80 Å². The molecule has 1 atom stereocenters. The number of nitrogens with zero attached hydrogens (tertiary/aromatic N) is 2. The number of hydrogen-bond donors (Lipinski definition) is 0. The van der Waals surface area contributed by atoms with E-state index in [1.165, 1.54) is 0 Å². The minimum Gasteiger partial charge on any atom is -0.338 e. The fraction of sp³-hybridized carbons (Fsp3) is 0.588. The van der Waals surface area contributed by atoms with Crippen LogP contribution in [0, 0.1) is 0 Å². The first-order chi connectivity index (χ1) is 10.9. The Morgan fingerprint density at radius 2 is 1.96 bits per heavy atom. The summed E-state index contributed by atoms with van der Waals surface area (Å²) in [5.41, 5.74) is 1.16. The molecule has 0 radical (unpaired) electrons. The van der Waals surface area contributed by atoms with E-state index in [0.29, 0.717) is 26.1 Å². The number of likely N-dealkylation sites (N-methyl/N-ethyl adjacent to an activating group) is 1. The van der Waals surface area contributed by atoms with E-state index in [1.807, 2.05) is 49.2 Å². The molecule has 1 aliphatic rings. The van der Waals surface area contributed by atoms with Crippen molar-refractivity contribution in [2.75, 3.05) is 31.6 Å². The molecule has 0 spiro atoms. The zero-order valence-electron chi connectivity index (χ0n) is 13.9. The predicted octanol–water partition coefficient (Wildman–Crippen LogP) is 1.54. The number of hydrogen-bond acceptors (Lipinski definition) is 4. The molecule has 1 aromatic rings. The van der Waals surface area contributed by atoms with Crippen LogP contribution in [0.4, 0.5) is 0 Å². The number of benzene rings is 1. The molecular weight excluding hydrogens is 312 g/mol. The van der Waals surface area contributed by atoms with Gasteiger partial charge in [-0.25, -0.2) is 8.42 Å². The third-order valence-corrected chi connectivity index (χ3v) is 5.88. The molecule has 6 heteroatoms. The highest BCUT2D eigenvalue weighted by Crippen LogP contribution is 2.18. The lowest BCUT2D eigenvalue weighted by Crippen LogP contribution is -2.45. The maximum atomic E-state index is 12.6. The van der Waals surface area contributed by atoms with Crippen molar-refractivity contribution < 1.29 is 13.2 Å². The molecule has 23 heavy (non-hydrogen) atoms. The summed E-state index contributed by atoms with van der Waals surface area (Å²) in [5, 5.41) is 0. The molecule has 1 unspecified atom stereocenters. The number of amides is 1. The normalized spacial score (nSPS) is 19.9. The fourth-order valence-electron chi connectivity index (χ4n) is 3.05. The molecule has 1 aliphatic heterocycles. The van der Waals surface area contributed by atoms with Crippen molar-refractivity contribution >= 4 is 15.7 Å². The SMILES string of the molecule is CCCN(C(=O)CN(C)Cc1ccccc1)C1CCS(=O)(=O)C1. The Morgan fingerprint density at radius 1 is 1.26 bits per heavy atom. The molecule has 5 nitrogen and oxygen atoms in total. The van der Waals surface area contributed by atoms with E-state index in [9.17, 15) is 13.2 Å². The average Bonchev–Trinajstić information content (AvgIpc) is 2.85. The van der Waals surface area contributed by atoms with Crippen LogP contribution >= 0.6 is 0 Å². The fourth-order valence-corrected chi connectivity index (χ4v) is 4.78. The van der Waals surface area contributed by atoms with E-state index in [2.05, 4.69) is 0 Å². The lowest BCUT2D eigenvalue weighted by Gasteiger charge is -2.30. The molecule has 2 rings (SSSR count). The second-order valence-electron chi connectivity index (χ2n) is 6.30. The van der Waals surface area contributed by atoms with Gasteiger partial charge in [0.1, 0.15) is 0 Å². The Hall–Kier alpha value is -1.40. The topological polar surface area (TPSA) is 57.7 Å². The maximum absolute atomic E-state index is 12.6. The third kappa shape index (κ3) is 5.32. The van der Waals surface area contributed by atoms with Gasteiger partial charge in [-0.2, -0.15) is 0 Å². The second kappa shape index (κ2) is 7.93. The summed E-state index contributed by atoms with van der Waals surface area (Å²) in [6, 6.07) is 9.86. The van der Waals surface area contributed by atoms with Gasteiger partial charge < -0.3 is 4.90 Å². The van der Waals surface area contributed by atoms with Gasteiger partial charge in [0.05, 0.1) is 18.1 Å². The average molecular weight is 338 g/mol. The van der Waals surface area contributed by atoms with Gasteiger partial charge >= 0.3 is 0 Å². The Labute approximate surface area is 139 Å². The molecule has 1 amide bonds. The van der Waals surface area contributed by atoms with Gasteiger partial charge in [0.2, 0.25) is 5.91 Å². The molecule has 128 valence electrons. The number of sulfone groups is 1. The van der Waals surface area contributed by atoms with Crippen LogP contribution in [0.1, 0.15) is 25.3 Å². The van der Waals surface area contributed by atoms with Crippen molar-refractivity contribution in [1.29, 1.82) is 0 Å². The summed E-state index contributed by atoms with van der Waals surface area (Å²) in [6.45, 7) is 3.65. The lowest BCUT2D eigenvalue weighted by atomic mass is 10.2. The van der Waals surface area contributed by atoms with E-state index in [4.69, 9.17) is 0 Å². The van der Waals surface area contributed by atoms with Crippen molar-refractivity contribution in [2.45, 2.75) is 32.4 Å². The Balaban J connectivity index is 1.95. The van der Waals surface area contributed by atoms with Crippen molar-refractivity contribution in [2.24, 2.45) is 0 Å². The molecule has 0 bridgehead atoms. The highest BCUT2D eigenvalue weighted by Gasteiger charge is 2.34. The standard InChI is InChI=1S/C17H26N2O3S/c1-3-10-19(16-9-11-23(21,22)14-16)17(20)13-18(2)12-15-7-5-4-6-8-15/h4-8,16H,3,9-14H2,1-2H3. The molecule has 0 aliphatic carbocycles. The van der Waals surface area contributed by atoms with Crippen LogP contribution in [0.2, 0.25) is 0 Å². The van der Waals surface area contributed by atoms with Gasteiger partial charge in [-0.05, 0) is 25.5 Å². The van der Waals surface area contributed by atoms with Crippen LogP contribution in [0.25, 0.3) is 0 Å². The van der Waals surface area contributed by atoms with Crippen molar-refractivity contribution in [3.05, 3.63) is 35.9 Å². The van der Waals surface area contributed by atoms with Crippen LogP contribution in [-0.2, 0) is 21.2 Å². The van der Waals surface area contributed by atoms with E-state index < -0.39 is 9.84 Å². The van der Waals surface area contributed by atoms with Gasteiger partial charge in [0.25, 0.3) is 0 Å². The first-order valence-electron chi connectivity index (χ1n) is 8.13. The van der Waals surface area contributed by atoms with Gasteiger partial charge in [-0.3, -0.25) is 9.69 Å². The highest BCUT2D eigenvalue weighted by atomic mass is 32.2. The summed E-state index contributed by atoms with van der Waals surface area (Å²) in [7, 11) is -1.06. The minimum absolute atomic E-state index is 0.0207. The smallest absolute Gasteiger partial charge is 0.237 e. The molecular formula is C17H26N2O3S. The molecule has 1 heterocycles. The van der Waals surface area contributed by atoms with Gasteiger partial charge in [-0.1, -0.05) is 37.3 Å². The third-order valence-electron chi connectivity index (χ3n) is 4.13. The zero-order valence-corrected chi connectivity index (χ0v) is 14.8. The van der Waals surface area contributed by atoms with Gasteiger partial charge in [0.15, 0.2) is 9.84 Å². The summed E-state index contributed by atoms with van der Waals surface area (Å²) in [4.78, 5) is 16.4. The van der Waals surface area contributed by atoms with E-state index in [1.54, 1.807) is 4.90 Å². The van der Waals surface area contributed by atoms with Crippen molar-refractivity contribution in [3.63, 3.8) is 0 Å². The largest absolute Gasteiger partial charge is 0.338 e. The summed E-state index contributed by atoms with van der Waals surface area (Å²) < 4.78 is 23.4. The Bertz CT molecular complexity index is 616. The van der Waals surface area contributed by atoms with E-state index >= 15 is 0 Å². The number of rotatable bonds is 7. The molecule has 0 N–H and O–H groups in total. The zero-order chi connectivity index (χ0) is 16.9. The van der Waals surface area contributed by atoms with Gasteiger partial charge in [0, 0.05) is 19.1 Å². The van der Waals surface area contributed by atoms with Crippen LogP contribution < -0.4 is 0 Å². The summed E-state index contributed by atoms with van der Waals surface area (Å²) in [5.74, 6) is 0.332. The first kappa shape index (κ1) is 17.9. The van der Waals surface area contributed by atoms with Crippen molar-refractivity contribution in [3.8, 4) is 0 Å². The lowest BCUT2D eigenvalue weighted by molar-refractivity contribution is -0.134. The Morgan fingerprint density at radius 3 is 2.52 bits per heavy atom. The molecule has 0 aromatic heterocycles. The molecule has 1 fully saturated rings. The molecule has 1 aromatic carbocycles. The number of carbonyl (C=O) groups excluding carboxylic acids is 1. The van der Waals surface area contributed by atoms with E-state index in [-0.39, 0.29) is 23.5 Å². The van der Waals surface area contributed by atoms with Gasteiger partial charge in [-0.15, -0.1) is 0 Å². The van der Waals surface area contributed by atoms with Crippen LogP contribution in [-0.4, -0.2) is 61.8 Å². The van der Waals surface area contributed by atoms with Crippen LogP contribution in [0.3, 0.4) is 0 Å².